The van der Waals surface area contributed by atoms with Gasteiger partial charge in [-0.25, -0.2) is 0 Å². The maximum Gasteiger partial charge on any atom is 0.314 e. The van der Waals surface area contributed by atoms with Crippen LogP contribution in [-0.4, -0.2) is 41.1 Å². The number of carboxylic acid groups (broad SMARTS) is 1. The van der Waals surface area contributed by atoms with Crippen LogP contribution >= 0.6 is 0 Å². The monoisotopic (exact) mass is 311 g/mol. The van der Waals surface area contributed by atoms with Gasteiger partial charge in [0.05, 0.1) is 18.0 Å². The summed E-state index contributed by atoms with van der Waals surface area (Å²) in [6, 6.07) is 4.36. The van der Waals surface area contributed by atoms with E-state index in [1.54, 1.807) is 13.8 Å². The Morgan fingerprint density at radius 1 is 1.55 bits per heavy atom. The van der Waals surface area contributed by atoms with Gasteiger partial charge in [0.25, 0.3) is 0 Å². The van der Waals surface area contributed by atoms with Crippen molar-refractivity contribution in [1.29, 1.82) is 0 Å². The summed E-state index contributed by atoms with van der Waals surface area (Å²) in [5, 5.41) is 20.0. The molecule has 1 aliphatic heterocycles. The average Bonchev–Trinajstić information content (AvgIpc) is 2.75. The lowest BCUT2D eigenvalue weighted by Crippen LogP contribution is -2.25. The molecule has 1 aromatic carbocycles. The van der Waals surface area contributed by atoms with E-state index in [9.17, 15) is 14.9 Å². The fourth-order valence-corrected chi connectivity index (χ4v) is 2.22. The molecule has 1 heterocycles. The Balaban J connectivity index is 2.13. The number of rotatable bonds is 6. The minimum absolute atomic E-state index is 0.0251. The van der Waals surface area contributed by atoms with Crippen molar-refractivity contribution in [1.82, 2.24) is 0 Å². The van der Waals surface area contributed by atoms with Gasteiger partial charge >= 0.3 is 11.7 Å². The second kappa shape index (κ2) is 6.29. The van der Waals surface area contributed by atoms with Crippen molar-refractivity contribution >= 4 is 11.7 Å². The molecule has 0 radical (unpaired) electrons. The molecule has 2 rings (SSSR count). The molecule has 1 aromatic rings. The highest BCUT2D eigenvalue weighted by Gasteiger charge is 2.33. The number of aliphatic carboxylic acids is 1. The molecule has 1 N–H and O–H groups in total. The van der Waals surface area contributed by atoms with E-state index in [2.05, 4.69) is 0 Å². The van der Waals surface area contributed by atoms with Gasteiger partial charge in [-0.2, -0.15) is 0 Å². The SMILES string of the molecule is CC1(C)OCC(COc2cccc(CC(=O)O)c2[N+](=O)[O-])O1. The standard InChI is InChI=1S/C14H17NO7/c1-14(2)21-8-10(22-14)7-20-11-5-3-4-9(6-12(16)17)13(11)15(18)19/h3-5,10H,6-8H2,1-2H3,(H,16,17). The summed E-state index contributed by atoms with van der Waals surface area (Å²) in [6.07, 6.45) is -0.776. The van der Waals surface area contributed by atoms with Gasteiger partial charge in [0, 0.05) is 5.56 Å². The molecule has 0 saturated carbocycles. The lowest BCUT2D eigenvalue weighted by Gasteiger charge is -2.17. The Hall–Kier alpha value is -2.19. The Morgan fingerprint density at radius 3 is 2.82 bits per heavy atom. The summed E-state index contributed by atoms with van der Waals surface area (Å²) in [7, 11) is 0. The molecule has 0 spiro atoms. The molecule has 1 saturated heterocycles. The van der Waals surface area contributed by atoms with Gasteiger partial charge in [-0.15, -0.1) is 0 Å². The van der Waals surface area contributed by atoms with E-state index in [-0.39, 0.29) is 29.7 Å². The van der Waals surface area contributed by atoms with Crippen LogP contribution in [0.25, 0.3) is 0 Å². The van der Waals surface area contributed by atoms with Gasteiger partial charge in [-0.1, -0.05) is 12.1 Å². The molecule has 1 atom stereocenters. The van der Waals surface area contributed by atoms with E-state index < -0.39 is 23.1 Å². The maximum atomic E-state index is 11.2. The van der Waals surface area contributed by atoms with Crippen LogP contribution < -0.4 is 4.74 Å². The Labute approximate surface area is 126 Å². The van der Waals surface area contributed by atoms with Crippen molar-refractivity contribution in [3.63, 3.8) is 0 Å². The number of hydrogen-bond donors (Lipinski definition) is 1. The van der Waals surface area contributed by atoms with Gasteiger partial charge in [-0.3, -0.25) is 14.9 Å². The van der Waals surface area contributed by atoms with Crippen LogP contribution in [0.4, 0.5) is 5.69 Å². The van der Waals surface area contributed by atoms with Crippen LogP contribution in [0.15, 0.2) is 18.2 Å². The van der Waals surface area contributed by atoms with Gasteiger partial charge in [0.1, 0.15) is 12.7 Å². The van der Waals surface area contributed by atoms with Gasteiger partial charge in [-0.05, 0) is 19.9 Å². The molecule has 22 heavy (non-hydrogen) atoms. The summed E-state index contributed by atoms with van der Waals surface area (Å²) in [5.74, 6) is -1.82. The molecule has 120 valence electrons. The molecule has 0 aromatic heterocycles. The fraction of sp³-hybridized carbons (Fsp3) is 0.500. The highest BCUT2D eigenvalue weighted by molar-refractivity contribution is 5.73. The third-order valence-electron chi connectivity index (χ3n) is 3.10. The lowest BCUT2D eigenvalue weighted by atomic mass is 10.1. The molecule has 1 aliphatic rings. The third kappa shape index (κ3) is 3.92. The van der Waals surface area contributed by atoms with Crippen molar-refractivity contribution in [3.05, 3.63) is 33.9 Å². The Bertz CT molecular complexity index is 585. The highest BCUT2D eigenvalue weighted by atomic mass is 16.7. The summed E-state index contributed by atoms with van der Waals surface area (Å²) in [5.41, 5.74) is -0.234. The van der Waals surface area contributed by atoms with Crippen molar-refractivity contribution in [2.24, 2.45) is 0 Å². The molecule has 0 aliphatic carbocycles. The largest absolute Gasteiger partial charge is 0.484 e. The van der Waals surface area contributed by atoms with Gasteiger partial charge in [0.2, 0.25) is 0 Å². The first-order valence-corrected chi connectivity index (χ1v) is 6.71. The van der Waals surface area contributed by atoms with Crippen LogP contribution in [0, 0.1) is 10.1 Å². The Kier molecular flexibility index (Phi) is 4.62. The van der Waals surface area contributed by atoms with Gasteiger partial charge in [0.15, 0.2) is 11.5 Å². The van der Waals surface area contributed by atoms with E-state index in [0.717, 1.165) is 0 Å². The zero-order chi connectivity index (χ0) is 16.3. The van der Waals surface area contributed by atoms with Crippen molar-refractivity contribution < 1.29 is 29.0 Å². The predicted molar refractivity (Wildman–Crippen MR) is 74.8 cm³/mol. The van der Waals surface area contributed by atoms with Crippen molar-refractivity contribution in [2.45, 2.75) is 32.2 Å². The van der Waals surface area contributed by atoms with E-state index in [1.165, 1.54) is 18.2 Å². The number of ether oxygens (including phenoxy) is 3. The van der Waals surface area contributed by atoms with Crippen LogP contribution in [0.1, 0.15) is 19.4 Å². The number of carbonyl (C=O) groups is 1. The fourth-order valence-electron chi connectivity index (χ4n) is 2.22. The minimum Gasteiger partial charge on any atom is -0.484 e. The Morgan fingerprint density at radius 2 is 2.27 bits per heavy atom. The number of nitrogens with zero attached hydrogens (tertiary/aromatic N) is 1. The second-order valence-electron chi connectivity index (χ2n) is 5.35. The quantitative estimate of drug-likeness (QED) is 0.629. The molecule has 0 amide bonds. The molecule has 1 unspecified atom stereocenters. The summed E-state index contributed by atoms with van der Waals surface area (Å²) < 4.78 is 16.4. The van der Waals surface area contributed by atoms with Crippen LogP contribution in [0.3, 0.4) is 0 Å². The number of carboxylic acids is 1. The summed E-state index contributed by atoms with van der Waals surface area (Å²) in [6.45, 7) is 3.95. The summed E-state index contributed by atoms with van der Waals surface area (Å²) >= 11 is 0. The molecular weight excluding hydrogens is 294 g/mol. The number of hydrogen-bond acceptors (Lipinski definition) is 6. The average molecular weight is 311 g/mol. The summed E-state index contributed by atoms with van der Waals surface area (Å²) in [4.78, 5) is 21.4. The highest BCUT2D eigenvalue weighted by Crippen LogP contribution is 2.32. The molecule has 8 nitrogen and oxygen atoms in total. The van der Waals surface area contributed by atoms with E-state index in [1.807, 2.05) is 0 Å². The first-order valence-electron chi connectivity index (χ1n) is 6.71. The predicted octanol–water partition coefficient (Wildman–Crippen LogP) is 1.75. The number of nitro groups is 1. The third-order valence-corrected chi connectivity index (χ3v) is 3.10. The molecule has 8 heteroatoms. The van der Waals surface area contributed by atoms with Gasteiger partial charge < -0.3 is 19.3 Å². The molecule has 0 bridgehead atoms. The van der Waals surface area contributed by atoms with Crippen molar-refractivity contribution in [3.8, 4) is 5.75 Å². The van der Waals surface area contributed by atoms with Crippen molar-refractivity contribution in [2.75, 3.05) is 13.2 Å². The number of para-hydroxylation sites is 1. The first kappa shape index (κ1) is 16.2. The van der Waals surface area contributed by atoms with Crippen LogP contribution in [-0.2, 0) is 20.7 Å². The lowest BCUT2D eigenvalue weighted by molar-refractivity contribution is -0.386. The zero-order valence-electron chi connectivity index (χ0n) is 12.3. The maximum absolute atomic E-state index is 11.2. The normalized spacial score (nSPS) is 19.8. The molecular formula is C14H17NO7. The zero-order valence-corrected chi connectivity index (χ0v) is 12.3. The number of nitro benzene ring substituents is 1. The smallest absolute Gasteiger partial charge is 0.314 e. The second-order valence-corrected chi connectivity index (χ2v) is 5.35. The minimum atomic E-state index is -1.14. The topological polar surface area (TPSA) is 108 Å². The van der Waals surface area contributed by atoms with E-state index >= 15 is 0 Å². The molecule has 1 fully saturated rings. The number of benzene rings is 1. The first-order chi connectivity index (χ1) is 10.3. The van der Waals surface area contributed by atoms with Crippen LogP contribution in [0.2, 0.25) is 0 Å². The van der Waals surface area contributed by atoms with E-state index in [0.29, 0.717) is 6.61 Å². The van der Waals surface area contributed by atoms with Crippen LogP contribution in [0.5, 0.6) is 5.75 Å². The van der Waals surface area contributed by atoms with E-state index in [4.69, 9.17) is 19.3 Å².